The zero-order valence-electron chi connectivity index (χ0n) is 10.3. The maximum Gasteiger partial charge on any atom is 0.401 e. The molecule has 6 heteroatoms. The largest absolute Gasteiger partial charge is 0.401 e. The first-order valence-electron chi connectivity index (χ1n) is 5.81. The Morgan fingerprint density at radius 2 is 2.12 bits per heavy atom. The van der Waals surface area contributed by atoms with E-state index in [1.807, 2.05) is 0 Å². The minimum Gasteiger partial charge on any atom is -0.341 e. The number of hydrogen-bond acceptors (Lipinski definition) is 2. The lowest BCUT2D eigenvalue weighted by atomic mass is 10.0. The van der Waals surface area contributed by atoms with Crippen molar-refractivity contribution in [3.05, 3.63) is 0 Å². The Hall–Kier alpha value is -0.780. The van der Waals surface area contributed by atoms with Crippen molar-refractivity contribution in [2.75, 3.05) is 33.2 Å². The van der Waals surface area contributed by atoms with Gasteiger partial charge < -0.3 is 4.90 Å². The first-order chi connectivity index (χ1) is 7.78. The van der Waals surface area contributed by atoms with Crippen molar-refractivity contribution in [3.8, 4) is 0 Å². The Balaban J connectivity index is 2.38. The van der Waals surface area contributed by atoms with Crippen LogP contribution >= 0.6 is 0 Å². The molecule has 3 nitrogen and oxygen atoms in total. The Morgan fingerprint density at radius 1 is 1.47 bits per heavy atom. The second kappa shape index (κ2) is 5.71. The third-order valence-corrected chi connectivity index (χ3v) is 2.86. The molecule has 17 heavy (non-hydrogen) atoms. The van der Waals surface area contributed by atoms with Gasteiger partial charge in [-0.25, -0.2) is 0 Å². The van der Waals surface area contributed by atoms with Gasteiger partial charge in [0.15, 0.2) is 0 Å². The molecule has 1 heterocycles. The highest BCUT2D eigenvalue weighted by Gasteiger charge is 2.30. The van der Waals surface area contributed by atoms with Gasteiger partial charge in [-0.2, -0.15) is 13.2 Å². The number of halogens is 3. The Morgan fingerprint density at radius 3 is 2.65 bits per heavy atom. The molecule has 0 aliphatic carbocycles. The van der Waals surface area contributed by atoms with E-state index in [0.29, 0.717) is 19.0 Å². The van der Waals surface area contributed by atoms with Gasteiger partial charge in [0, 0.05) is 13.1 Å². The summed E-state index contributed by atoms with van der Waals surface area (Å²) in [4.78, 5) is 14.4. The third-order valence-electron chi connectivity index (χ3n) is 2.86. The number of likely N-dealkylation sites (N-methyl/N-ethyl adjacent to an activating group) is 1. The average Bonchev–Trinajstić information content (AvgIpc) is 2.14. The highest BCUT2D eigenvalue weighted by molar-refractivity contribution is 5.78. The van der Waals surface area contributed by atoms with E-state index in [-0.39, 0.29) is 12.5 Å². The number of piperidine rings is 1. The summed E-state index contributed by atoms with van der Waals surface area (Å²) in [5, 5.41) is 0. The SMILES string of the molecule is C[C@H]1CCCN(C(=O)CN(C)CC(F)(F)F)C1. The molecule has 1 atom stereocenters. The van der Waals surface area contributed by atoms with Crippen molar-refractivity contribution in [3.63, 3.8) is 0 Å². The number of nitrogens with zero attached hydrogens (tertiary/aromatic N) is 2. The van der Waals surface area contributed by atoms with Gasteiger partial charge in [-0.15, -0.1) is 0 Å². The third kappa shape index (κ3) is 5.39. The fourth-order valence-corrected chi connectivity index (χ4v) is 2.11. The van der Waals surface area contributed by atoms with Crippen molar-refractivity contribution in [1.29, 1.82) is 0 Å². The molecule has 0 aromatic carbocycles. The Labute approximate surface area is 99.6 Å². The fourth-order valence-electron chi connectivity index (χ4n) is 2.11. The van der Waals surface area contributed by atoms with Gasteiger partial charge in [-0.3, -0.25) is 9.69 Å². The van der Waals surface area contributed by atoms with Crippen LogP contribution in [0, 0.1) is 5.92 Å². The second-order valence-electron chi connectivity index (χ2n) is 4.87. The van der Waals surface area contributed by atoms with E-state index in [9.17, 15) is 18.0 Å². The Kier molecular flexibility index (Phi) is 4.80. The normalized spacial score (nSPS) is 22.0. The summed E-state index contributed by atoms with van der Waals surface area (Å²) in [5.74, 6) is 0.240. The molecule has 1 aliphatic heterocycles. The minimum atomic E-state index is -4.25. The average molecular weight is 252 g/mol. The topological polar surface area (TPSA) is 23.6 Å². The minimum absolute atomic E-state index is 0.160. The standard InChI is InChI=1S/C11H19F3N2O/c1-9-4-3-5-16(6-9)10(17)7-15(2)8-11(12,13)14/h9H,3-8H2,1-2H3/t9-/m0/s1. The van der Waals surface area contributed by atoms with Gasteiger partial charge in [-0.05, 0) is 25.8 Å². The molecular weight excluding hydrogens is 233 g/mol. The lowest BCUT2D eigenvalue weighted by Gasteiger charge is -2.32. The number of carbonyl (C=O) groups is 1. The van der Waals surface area contributed by atoms with Crippen molar-refractivity contribution >= 4 is 5.91 Å². The van der Waals surface area contributed by atoms with E-state index in [0.717, 1.165) is 17.7 Å². The number of carbonyl (C=O) groups excluding carboxylic acids is 1. The first kappa shape index (κ1) is 14.3. The molecule has 0 saturated carbocycles. The number of likely N-dealkylation sites (tertiary alicyclic amines) is 1. The van der Waals surface area contributed by atoms with Crippen LogP contribution < -0.4 is 0 Å². The number of alkyl halides is 3. The monoisotopic (exact) mass is 252 g/mol. The quantitative estimate of drug-likeness (QED) is 0.764. The molecule has 0 N–H and O–H groups in total. The molecule has 1 fully saturated rings. The van der Waals surface area contributed by atoms with E-state index in [2.05, 4.69) is 6.92 Å². The van der Waals surface area contributed by atoms with Gasteiger partial charge in [0.2, 0.25) is 5.91 Å². The molecule has 0 spiro atoms. The summed E-state index contributed by atoms with van der Waals surface area (Å²) in [6.45, 7) is 2.19. The molecule has 0 unspecified atom stereocenters. The fraction of sp³-hybridized carbons (Fsp3) is 0.909. The van der Waals surface area contributed by atoms with Crippen LogP contribution in [0.1, 0.15) is 19.8 Å². The molecule has 1 saturated heterocycles. The molecule has 0 aromatic heterocycles. The molecule has 1 aliphatic rings. The van der Waals surface area contributed by atoms with Crippen molar-refractivity contribution < 1.29 is 18.0 Å². The van der Waals surface area contributed by atoms with Gasteiger partial charge in [0.05, 0.1) is 13.1 Å². The molecule has 1 rings (SSSR count). The predicted molar refractivity (Wildman–Crippen MR) is 58.5 cm³/mol. The molecular formula is C11H19F3N2O. The van der Waals surface area contributed by atoms with Crippen molar-refractivity contribution in [1.82, 2.24) is 9.80 Å². The summed E-state index contributed by atoms with van der Waals surface area (Å²) in [7, 11) is 1.32. The summed E-state index contributed by atoms with van der Waals surface area (Å²) in [6, 6.07) is 0. The summed E-state index contributed by atoms with van der Waals surface area (Å²) in [5.41, 5.74) is 0. The van der Waals surface area contributed by atoms with Crippen LogP contribution in [0.2, 0.25) is 0 Å². The van der Waals surface area contributed by atoms with Crippen LogP contribution in [0.25, 0.3) is 0 Å². The van der Waals surface area contributed by atoms with Crippen LogP contribution in [0.3, 0.4) is 0 Å². The summed E-state index contributed by atoms with van der Waals surface area (Å²) < 4.78 is 36.3. The molecule has 100 valence electrons. The number of rotatable bonds is 3. The van der Waals surface area contributed by atoms with Crippen LogP contribution in [-0.2, 0) is 4.79 Å². The first-order valence-corrected chi connectivity index (χ1v) is 5.81. The highest BCUT2D eigenvalue weighted by Crippen LogP contribution is 2.17. The maximum absolute atomic E-state index is 12.1. The zero-order chi connectivity index (χ0) is 13.1. The highest BCUT2D eigenvalue weighted by atomic mass is 19.4. The maximum atomic E-state index is 12.1. The zero-order valence-corrected chi connectivity index (χ0v) is 10.3. The molecule has 1 amide bonds. The number of amides is 1. The van der Waals surface area contributed by atoms with E-state index in [4.69, 9.17) is 0 Å². The van der Waals surface area contributed by atoms with E-state index >= 15 is 0 Å². The van der Waals surface area contributed by atoms with Crippen molar-refractivity contribution in [2.24, 2.45) is 5.92 Å². The van der Waals surface area contributed by atoms with Crippen LogP contribution in [0.4, 0.5) is 13.2 Å². The second-order valence-corrected chi connectivity index (χ2v) is 4.87. The summed E-state index contributed by atoms with van der Waals surface area (Å²) >= 11 is 0. The van der Waals surface area contributed by atoms with E-state index in [1.165, 1.54) is 7.05 Å². The molecule has 0 bridgehead atoms. The molecule has 0 aromatic rings. The van der Waals surface area contributed by atoms with Gasteiger partial charge in [0.25, 0.3) is 0 Å². The lowest BCUT2D eigenvalue weighted by Crippen LogP contribution is -2.45. The predicted octanol–water partition coefficient (Wildman–Crippen LogP) is 1.74. The summed E-state index contributed by atoms with van der Waals surface area (Å²) in [6.07, 6.45) is -2.22. The van der Waals surface area contributed by atoms with Gasteiger partial charge in [-0.1, -0.05) is 6.92 Å². The van der Waals surface area contributed by atoms with E-state index < -0.39 is 12.7 Å². The number of hydrogen-bond donors (Lipinski definition) is 0. The van der Waals surface area contributed by atoms with Gasteiger partial charge in [0.1, 0.15) is 0 Å². The smallest absolute Gasteiger partial charge is 0.341 e. The van der Waals surface area contributed by atoms with Crippen LogP contribution in [0.5, 0.6) is 0 Å². The van der Waals surface area contributed by atoms with Crippen LogP contribution in [-0.4, -0.2) is 55.1 Å². The molecule has 0 radical (unpaired) electrons. The van der Waals surface area contributed by atoms with E-state index in [1.54, 1.807) is 4.90 Å². The van der Waals surface area contributed by atoms with Gasteiger partial charge >= 0.3 is 6.18 Å². The Bertz CT molecular complexity index is 268. The lowest BCUT2D eigenvalue weighted by molar-refractivity contribution is -0.149. The van der Waals surface area contributed by atoms with Crippen LogP contribution in [0.15, 0.2) is 0 Å². The van der Waals surface area contributed by atoms with Crippen molar-refractivity contribution in [2.45, 2.75) is 25.9 Å².